The summed E-state index contributed by atoms with van der Waals surface area (Å²) in [5.74, 6) is -0.0924. The topological polar surface area (TPSA) is 69.6 Å². The first-order chi connectivity index (χ1) is 30.2. The van der Waals surface area contributed by atoms with Gasteiger partial charge in [0.05, 0.1) is 18.8 Å². The van der Waals surface area contributed by atoms with Crippen molar-refractivity contribution in [1.29, 1.82) is 0 Å². The minimum absolute atomic E-state index is 0.0924. The fourth-order valence-electron chi connectivity index (χ4n) is 6.36. The molecule has 2 atom stereocenters. The number of rotatable bonds is 42. The van der Waals surface area contributed by atoms with Crippen molar-refractivity contribution in [1.82, 2.24) is 5.32 Å². The predicted octanol–water partition coefficient (Wildman–Crippen LogP) is 16.1. The summed E-state index contributed by atoms with van der Waals surface area (Å²) in [5.41, 5.74) is 0. The lowest BCUT2D eigenvalue weighted by Crippen LogP contribution is -2.45. The second-order valence-corrected chi connectivity index (χ2v) is 15.8. The highest BCUT2D eigenvalue weighted by atomic mass is 16.3. The number of unbranched alkanes of at least 4 members (excludes halogenated alkanes) is 13. The van der Waals surface area contributed by atoms with Crippen molar-refractivity contribution in [3.8, 4) is 0 Å². The molecule has 0 spiro atoms. The zero-order valence-electron chi connectivity index (χ0n) is 39.1. The highest BCUT2D eigenvalue weighted by Gasteiger charge is 2.17. The maximum Gasteiger partial charge on any atom is 0.220 e. The van der Waals surface area contributed by atoms with Gasteiger partial charge in [0.1, 0.15) is 0 Å². The molecule has 0 aliphatic rings. The van der Waals surface area contributed by atoms with E-state index in [9.17, 15) is 15.0 Å². The van der Waals surface area contributed by atoms with E-state index >= 15 is 0 Å². The van der Waals surface area contributed by atoms with Crippen molar-refractivity contribution in [3.63, 3.8) is 0 Å². The van der Waals surface area contributed by atoms with Gasteiger partial charge in [-0.3, -0.25) is 4.79 Å². The number of hydrogen-bond acceptors (Lipinski definition) is 3. The van der Waals surface area contributed by atoms with Crippen LogP contribution in [0.5, 0.6) is 0 Å². The van der Waals surface area contributed by atoms with Gasteiger partial charge in [-0.1, -0.05) is 224 Å². The quantitative estimate of drug-likeness (QED) is 0.0424. The van der Waals surface area contributed by atoms with Gasteiger partial charge < -0.3 is 15.5 Å². The first-order valence-corrected chi connectivity index (χ1v) is 24.5. The maximum atomic E-state index is 12.4. The van der Waals surface area contributed by atoms with E-state index < -0.39 is 12.1 Å². The van der Waals surface area contributed by atoms with Gasteiger partial charge in [0.25, 0.3) is 0 Å². The van der Waals surface area contributed by atoms with E-state index in [-0.39, 0.29) is 12.5 Å². The van der Waals surface area contributed by atoms with Gasteiger partial charge in [-0.25, -0.2) is 0 Å². The number of hydrogen-bond donors (Lipinski definition) is 3. The summed E-state index contributed by atoms with van der Waals surface area (Å²) in [4.78, 5) is 12.4. The molecule has 0 aromatic heterocycles. The Morgan fingerprint density at radius 1 is 0.410 bits per heavy atom. The van der Waals surface area contributed by atoms with Crippen LogP contribution in [0.25, 0.3) is 0 Å². The molecule has 0 bridgehead atoms. The van der Waals surface area contributed by atoms with Gasteiger partial charge in [-0.05, 0) is 103 Å². The molecule has 0 saturated carbocycles. The Balaban J connectivity index is 3.71. The zero-order valence-corrected chi connectivity index (χ0v) is 39.1. The Hall–Kier alpha value is -3.73. The highest BCUT2D eigenvalue weighted by molar-refractivity contribution is 5.76. The van der Waals surface area contributed by atoms with Gasteiger partial charge in [0.2, 0.25) is 5.91 Å². The SMILES string of the molecule is CC/C=C\C/C=C\C/C=C\C/C=C\C/C=C\C/C=C\C/C=C\C/C=C\C/C=C\C/C=C\C/C=C\CCCCCCCC(=O)NC(CO)C(O)/C=C/CCCCCCCCCC. The summed E-state index contributed by atoms with van der Waals surface area (Å²) < 4.78 is 0. The molecule has 0 rings (SSSR count). The van der Waals surface area contributed by atoms with Crippen molar-refractivity contribution in [2.75, 3.05) is 6.61 Å². The average molecular weight is 838 g/mol. The number of aliphatic hydroxyl groups excluding tert-OH is 2. The third kappa shape index (κ3) is 47.2. The van der Waals surface area contributed by atoms with Gasteiger partial charge in [-0.15, -0.1) is 0 Å². The van der Waals surface area contributed by atoms with Gasteiger partial charge in [0, 0.05) is 6.42 Å². The van der Waals surface area contributed by atoms with Crippen LogP contribution in [0, 0.1) is 0 Å². The second kappa shape index (κ2) is 50.6. The van der Waals surface area contributed by atoms with Crippen LogP contribution in [0.2, 0.25) is 0 Å². The lowest BCUT2D eigenvalue weighted by molar-refractivity contribution is -0.123. The Kier molecular flexibility index (Phi) is 47.5. The van der Waals surface area contributed by atoms with E-state index in [4.69, 9.17) is 0 Å². The molecule has 0 heterocycles. The summed E-state index contributed by atoms with van der Waals surface area (Å²) in [6.45, 7) is 4.14. The van der Waals surface area contributed by atoms with Gasteiger partial charge >= 0.3 is 0 Å². The Bertz CT molecular complexity index is 1320. The normalized spacial score (nSPS) is 14.2. The molecule has 0 aliphatic carbocycles. The molecule has 0 radical (unpaired) electrons. The van der Waals surface area contributed by atoms with Crippen molar-refractivity contribution in [2.45, 2.75) is 199 Å². The third-order valence-corrected chi connectivity index (χ3v) is 10.1. The molecule has 3 N–H and O–H groups in total. The number of carbonyl (C=O) groups excluding carboxylic acids is 1. The van der Waals surface area contributed by atoms with Crippen molar-refractivity contribution < 1.29 is 15.0 Å². The van der Waals surface area contributed by atoms with Crippen molar-refractivity contribution in [2.24, 2.45) is 0 Å². The fraction of sp³-hybridized carbons (Fsp3) is 0.561. The van der Waals surface area contributed by atoms with Crippen LogP contribution in [0.1, 0.15) is 187 Å². The molecule has 4 heteroatoms. The van der Waals surface area contributed by atoms with E-state index in [1.165, 1.54) is 57.8 Å². The molecule has 0 aliphatic heterocycles. The number of nitrogens with one attached hydrogen (secondary N) is 1. The summed E-state index contributed by atoms with van der Waals surface area (Å²) >= 11 is 0. The fourth-order valence-corrected chi connectivity index (χ4v) is 6.36. The standard InChI is InChI=1S/C57H91NO3/c1-3-5-7-9-11-13-15-16-17-18-19-20-21-22-23-24-25-26-27-28-29-30-31-32-33-34-35-36-37-38-39-40-41-42-43-45-47-49-51-53-57(61)58-55(54-59)56(60)52-50-48-46-44-14-12-10-8-6-4-2/h5,7,11,13,16-17,19-20,22-23,25-26,28-29,31-32,34-35,37-38,40-41,50,52,55-56,59-60H,3-4,6,8-10,12,14-15,18,21,24,27,30,33,36,39,42-49,51,53-54H2,1-2H3,(H,58,61)/b7-5-,13-11-,17-16-,20-19-,23-22-,26-25-,29-28-,32-31-,35-34-,38-37-,41-40-,52-50+. The van der Waals surface area contributed by atoms with E-state index in [1.807, 2.05) is 6.08 Å². The molecular formula is C57H91NO3. The third-order valence-electron chi connectivity index (χ3n) is 10.1. The van der Waals surface area contributed by atoms with Crippen LogP contribution in [0.4, 0.5) is 0 Å². The van der Waals surface area contributed by atoms with Crippen LogP contribution in [-0.4, -0.2) is 34.9 Å². The highest BCUT2D eigenvalue weighted by Crippen LogP contribution is 2.11. The first-order valence-electron chi connectivity index (χ1n) is 24.5. The lowest BCUT2D eigenvalue weighted by Gasteiger charge is -2.20. The Morgan fingerprint density at radius 2 is 0.721 bits per heavy atom. The molecule has 0 saturated heterocycles. The molecule has 1 amide bonds. The van der Waals surface area contributed by atoms with Crippen LogP contribution >= 0.6 is 0 Å². The predicted molar refractivity (Wildman–Crippen MR) is 271 cm³/mol. The molecule has 342 valence electrons. The smallest absolute Gasteiger partial charge is 0.220 e. The summed E-state index contributed by atoms with van der Waals surface area (Å²) in [6.07, 6.45) is 81.2. The molecule has 4 nitrogen and oxygen atoms in total. The van der Waals surface area contributed by atoms with Crippen LogP contribution in [0.3, 0.4) is 0 Å². The summed E-state index contributed by atoms with van der Waals surface area (Å²) in [7, 11) is 0. The van der Waals surface area contributed by atoms with Crippen molar-refractivity contribution >= 4 is 5.91 Å². The van der Waals surface area contributed by atoms with E-state index in [0.717, 1.165) is 109 Å². The van der Waals surface area contributed by atoms with Crippen LogP contribution in [-0.2, 0) is 4.79 Å². The zero-order chi connectivity index (χ0) is 44.2. The minimum atomic E-state index is -0.855. The first kappa shape index (κ1) is 57.3. The summed E-state index contributed by atoms with van der Waals surface area (Å²) in [5, 5.41) is 22.9. The number of carbonyl (C=O) groups is 1. The Labute approximate surface area is 376 Å². The average Bonchev–Trinajstić information content (AvgIpc) is 3.26. The van der Waals surface area contributed by atoms with Crippen LogP contribution in [0.15, 0.2) is 146 Å². The minimum Gasteiger partial charge on any atom is -0.394 e. The molecule has 0 aromatic rings. The largest absolute Gasteiger partial charge is 0.394 e. The molecule has 0 fully saturated rings. The summed E-state index contributed by atoms with van der Waals surface area (Å²) in [6, 6.07) is -0.641. The molecule has 2 unspecified atom stereocenters. The van der Waals surface area contributed by atoms with E-state index in [2.05, 4.69) is 153 Å². The van der Waals surface area contributed by atoms with E-state index in [1.54, 1.807) is 6.08 Å². The molecular weight excluding hydrogens is 747 g/mol. The van der Waals surface area contributed by atoms with Crippen LogP contribution < -0.4 is 5.32 Å². The second-order valence-electron chi connectivity index (χ2n) is 15.8. The van der Waals surface area contributed by atoms with Gasteiger partial charge in [-0.2, -0.15) is 0 Å². The van der Waals surface area contributed by atoms with E-state index in [0.29, 0.717) is 6.42 Å². The molecule has 61 heavy (non-hydrogen) atoms. The lowest BCUT2D eigenvalue weighted by atomic mass is 10.1. The maximum absolute atomic E-state index is 12.4. The Morgan fingerprint density at radius 3 is 1.08 bits per heavy atom. The molecule has 0 aromatic carbocycles. The monoisotopic (exact) mass is 838 g/mol. The van der Waals surface area contributed by atoms with Gasteiger partial charge in [0.15, 0.2) is 0 Å². The number of amides is 1. The van der Waals surface area contributed by atoms with Crippen molar-refractivity contribution in [3.05, 3.63) is 146 Å². The number of aliphatic hydroxyl groups is 2. The number of allylic oxidation sites excluding steroid dienone is 23.